The molecule has 0 amide bonds. The molecule has 98 valence electrons. The van der Waals surface area contributed by atoms with E-state index in [4.69, 9.17) is 17.0 Å². The second-order valence-electron chi connectivity index (χ2n) is 3.29. The lowest BCUT2D eigenvalue weighted by molar-refractivity contribution is -0.384. The molecule has 0 heterocycles. The summed E-state index contributed by atoms with van der Waals surface area (Å²) in [4.78, 5) is 9.95. The van der Waals surface area contributed by atoms with E-state index in [2.05, 4.69) is 10.6 Å². The lowest BCUT2D eigenvalue weighted by Crippen LogP contribution is -2.31. The third kappa shape index (κ3) is 4.22. The zero-order valence-electron chi connectivity index (χ0n) is 9.60. The number of thiocarbonyl (C=S) groups is 1. The highest BCUT2D eigenvalue weighted by atomic mass is 32.1. The topological polar surface area (TPSA) is 76.4 Å². The molecular formula is C10H12FN3O3S. The van der Waals surface area contributed by atoms with Crippen LogP contribution >= 0.6 is 12.2 Å². The first-order valence-electron chi connectivity index (χ1n) is 5.02. The molecule has 0 aliphatic rings. The normalized spacial score (nSPS) is 9.89. The van der Waals surface area contributed by atoms with Crippen molar-refractivity contribution < 1.29 is 14.1 Å². The van der Waals surface area contributed by atoms with Crippen molar-refractivity contribution in [2.75, 3.05) is 25.6 Å². The molecule has 1 aromatic carbocycles. The Labute approximate surface area is 108 Å². The zero-order valence-corrected chi connectivity index (χ0v) is 10.4. The predicted molar refractivity (Wildman–Crippen MR) is 69.2 cm³/mol. The fraction of sp³-hybridized carbons (Fsp3) is 0.300. The Kier molecular flexibility index (Phi) is 5.40. The van der Waals surface area contributed by atoms with E-state index < -0.39 is 10.7 Å². The number of ether oxygens (including phenoxy) is 1. The van der Waals surface area contributed by atoms with Crippen molar-refractivity contribution in [2.24, 2.45) is 0 Å². The molecule has 2 N–H and O–H groups in total. The molecule has 8 heteroatoms. The van der Waals surface area contributed by atoms with E-state index in [1.807, 2.05) is 0 Å². The maximum absolute atomic E-state index is 13.4. The van der Waals surface area contributed by atoms with Gasteiger partial charge in [-0.05, 0) is 18.3 Å². The van der Waals surface area contributed by atoms with Gasteiger partial charge in [0.1, 0.15) is 5.82 Å². The van der Waals surface area contributed by atoms with Crippen LogP contribution in [0.5, 0.6) is 0 Å². The van der Waals surface area contributed by atoms with Crippen LogP contribution in [0.2, 0.25) is 0 Å². The molecule has 0 unspecified atom stereocenters. The predicted octanol–water partition coefficient (Wildman–Crippen LogP) is 1.67. The summed E-state index contributed by atoms with van der Waals surface area (Å²) < 4.78 is 18.2. The summed E-state index contributed by atoms with van der Waals surface area (Å²) in [7, 11) is 1.54. The highest BCUT2D eigenvalue weighted by Crippen LogP contribution is 2.20. The first-order valence-corrected chi connectivity index (χ1v) is 5.43. The van der Waals surface area contributed by atoms with Gasteiger partial charge in [0.05, 0.1) is 17.2 Å². The number of nitro benzene ring substituents is 1. The SMILES string of the molecule is COCCNC(=S)Nc1cc([N+](=O)[O-])ccc1F. The highest BCUT2D eigenvalue weighted by molar-refractivity contribution is 7.80. The molecule has 0 fully saturated rings. The van der Waals surface area contributed by atoms with Crippen molar-refractivity contribution in [3.8, 4) is 0 Å². The molecule has 0 saturated carbocycles. The molecular weight excluding hydrogens is 261 g/mol. The Morgan fingerprint density at radius 2 is 2.33 bits per heavy atom. The molecule has 0 atom stereocenters. The third-order valence-electron chi connectivity index (χ3n) is 2.00. The largest absolute Gasteiger partial charge is 0.383 e. The smallest absolute Gasteiger partial charge is 0.271 e. The number of methoxy groups -OCH3 is 1. The molecule has 18 heavy (non-hydrogen) atoms. The van der Waals surface area contributed by atoms with Crippen LogP contribution in [0.15, 0.2) is 18.2 Å². The molecule has 1 rings (SSSR count). The molecule has 0 aliphatic carbocycles. The molecule has 0 spiro atoms. The second kappa shape index (κ2) is 6.82. The van der Waals surface area contributed by atoms with Crippen molar-refractivity contribution in [2.45, 2.75) is 0 Å². The van der Waals surface area contributed by atoms with Crippen molar-refractivity contribution in [3.63, 3.8) is 0 Å². The number of rotatable bonds is 5. The minimum Gasteiger partial charge on any atom is -0.383 e. The molecule has 0 aromatic heterocycles. The molecule has 0 radical (unpaired) electrons. The number of non-ortho nitro benzene ring substituents is 1. The minimum absolute atomic E-state index is 0.0425. The number of nitro groups is 1. The first-order chi connectivity index (χ1) is 8.54. The first kappa shape index (κ1) is 14.3. The number of anilines is 1. The van der Waals surface area contributed by atoms with Crippen LogP contribution in [0.1, 0.15) is 0 Å². The quantitative estimate of drug-likeness (QED) is 0.368. The van der Waals surface area contributed by atoms with Crippen molar-refractivity contribution in [1.29, 1.82) is 0 Å². The van der Waals surface area contributed by atoms with E-state index >= 15 is 0 Å². The van der Waals surface area contributed by atoms with Crippen LogP contribution in [0.4, 0.5) is 15.8 Å². The van der Waals surface area contributed by atoms with Gasteiger partial charge < -0.3 is 15.4 Å². The Hall–Kier alpha value is -1.80. The van der Waals surface area contributed by atoms with Gasteiger partial charge in [0, 0.05) is 25.8 Å². The maximum atomic E-state index is 13.4. The van der Waals surface area contributed by atoms with Gasteiger partial charge in [-0.3, -0.25) is 10.1 Å². The number of benzene rings is 1. The van der Waals surface area contributed by atoms with Gasteiger partial charge in [-0.15, -0.1) is 0 Å². The van der Waals surface area contributed by atoms with E-state index in [9.17, 15) is 14.5 Å². The van der Waals surface area contributed by atoms with E-state index in [1.54, 1.807) is 7.11 Å². The lowest BCUT2D eigenvalue weighted by Gasteiger charge is -2.10. The summed E-state index contributed by atoms with van der Waals surface area (Å²) in [5.74, 6) is -0.614. The van der Waals surface area contributed by atoms with Crippen LogP contribution < -0.4 is 10.6 Å². The summed E-state index contributed by atoms with van der Waals surface area (Å²) >= 11 is 4.90. The molecule has 1 aromatic rings. The molecule has 6 nitrogen and oxygen atoms in total. The minimum atomic E-state index is -0.614. The Morgan fingerprint density at radius 3 is 2.94 bits per heavy atom. The van der Waals surface area contributed by atoms with Gasteiger partial charge in [0.15, 0.2) is 5.11 Å². The van der Waals surface area contributed by atoms with Gasteiger partial charge in [0.2, 0.25) is 0 Å². The Bertz CT molecular complexity index is 456. The summed E-state index contributed by atoms with van der Waals surface area (Å²) in [5.41, 5.74) is -0.252. The van der Waals surface area contributed by atoms with E-state index in [0.29, 0.717) is 13.2 Å². The average Bonchev–Trinajstić information content (AvgIpc) is 2.32. The van der Waals surface area contributed by atoms with Gasteiger partial charge in [-0.2, -0.15) is 0 Å². The van der Waals surface area contributed by atoms with Crippen LogP contribution in [0.3, 0.4) is 0 Å². The second-order valence-corrected chi connectivity index (χ2v) is 3.70. The number of halogens is 1. The summed E-state index contributed by atoms with van der Waals surface area (Å²) in [6, 6.07) is 3.18. The number of hydrogen-bond donors (Lipinski definition) is 2. The third-order valence-corrected chi connectivity index (χ3v) is 2.25. The molecule has 0 bridgehead atoms. The summed E-state index contributed by atoms with van der Waals surface area (Å²) in [6.07, 6.45) is 0. The van der Waals surface area contributed by atoms with Crippen LogP contribution in [-0.2, 0) is 4.74 Å². The van der Waals surface area contributed by atoms with Gasteiger partial charge in [-0.1, -0.05) is 0 Å². The van der Waals surface area contributed by atoms with Gasteiger partial charge >= 0.3 is 0 Å². The van der Waals surface area contributed by atoms with E-state index in [-0.39, 0.29) is 16.5 Å². The number of nitrogens with one attached hydrogen (secondary N) is 2. The fourth-order valence-corrected chi connectivity index (χ4v) is 1.37. The monoisotopic (exact) mass is 273 g/mol. The van der Waals surface area contributed by atoms with Crippen molar-refractivity contribution in [3.05, 3.63) is 34.1 Å². The zero-order chi connectivity index (χ0) is 13.5. The average molecular weight is 273 g/mol. The van der Waals surface area contributed by atoms with Crippen LogP contribution in [0, 0.1) is 15.9 Å². The summed E-state index contributed by atoms with van der Waals surface area (Å²) in [6.45, 7) is 0.901. The number of hydrogen-bond acceptors (Lipinski definition) is 4. The van der Waals surface area contributed by atoms with Crippen LogP contribution in [0.25, 0.3) is 0 Å². The maximum Gasteiger partial charge on any atom is 0.271 e. The number of nitrogens with zero attached hydrogens (tertiary/aromatic N) is 1. The van der Waals surface area contributed by atoms with E-state index in [0.717, 1.165) is 18.2 Å². The molecule has 0 aliphatic heterocycles. The van der Waals surface area contributed by atoms with Crippen molar-refractivity contribution >= 4 is 28.7 Å². The van der Waals surface area contributed by atoms with E-state index in [1.165, 1.54) is 0 Å². The van der Waals surface area contributed by atoms with Crippen molar-refractivity contribution in [1.82, 2.24) is 5.32 Å². The Morgan fingerprint density at radius 1 is 1.61 bits per heavy atom. The fourth-order valence-electron chi connectivity index (χ4n) is 1.16. The standard InChI is InChI=1S/C10H12FN3O3S/c1-17-5-4-12-10(18)13-9-6-7(14(15)16)2-3-8(9)11/h2-3,6H,4-5H2,1H3,(H2,12,13,18). The Balaban J connectivity index is 2.68. The van der Waals surface area contributed by atoms with Gasteiger partial charge in [-0.25, -0.2) is 4.39 Å². The molecule has 0 saturated heterocycles. The highest BCUT2D eigenvalue weighted by Gasteiger charge is 2.11. The summed E-state index contributed by atoms with van der Waals surface area (Å²) in [5, 5.41) is 16.0. The lowest BCUT2D eigenvalue weighted by atomic mass is 10.2. The van der Waals surface area contributed by atoms with Crippen LogP contribution in [-0.4, -0.2) is 30.3 Å². The van der Waals surface area contributed by atoms with Gasteiger partial charge in [0.25, 0.3) is 5.69 Å².